The third kappa shape index (κ3) is 2.09. The maximum absolute atomic E-state index is 13.9. The Morgan fingerprint density at radius 1 is 1.47 bits per heavy atom. The van der Waals surface area contributed by atoms with Gasteiger partial charge in [0.15, 0.2) is 16.5 Å². The number of aromatic nitrogens is 2. The summed E-state index contributed by atoms with van der Waals surface area (Å²) in [4.78, 5) is 5.09. The Bertz CT molecular complexity index is 737. The highest BCUT2D eigenvalue weighted by Gasteiger charge is 2.16. The summed E-state index contributed by atoms with van der Waals surface area (Å²) in [5.74, 6) is 0.392. The highest BCUT2D eigenvalue weighted by atomic mass is 35.5. The summed E-state index contributed by atoms with van der Waals surface area (Å²) in [6.07, 6.45) is 1.87. The SMILES string of the molecule is Cc1cccc(Oc2nc3sccn3c2CCl)c1F. The van der Waals surface area contributed by atoms with Crippen molar-refractivity contribution in [3.05, 3.63) is 46.9 Å². The van der Waals surface area contributed by atoms with Crippen LogP contribution >= 0.6 is 22.9 Å². The summed E-state index contributed by atoms with van der Waals surface area (Å²) in [5, 5.41) is 1.91. The standard InChI is InChI=1S/C13H10ClFN2OS/c1-8-3-2-4-10(11(8)15)18-12-9(7-14)17-5-6-19-13(17)16-12/h2-6H,7H2,1H3. The van der Waals surface area contributed by atoms with Gasteiger partial charge in [0, 0.05) is 11.6 Å². The quantitative estimate of drug-likeness (QED) is 0.671. The lowest BCUT2D eigenvalue weighted by atomic mass is 10.2. The molecule has 0 aliphatic heterocycles. The van der Waals surface area contributed by atoms with Crippen LogP contribution in [0.15, 0.2) is 29.8 Å². The maximum atomic E-state index is 13.9. The van der Waals surface area contributed by atoms with Gasteiger partial charge in [-0.1, -0.05) is 12.1 Å². The number of benzene rings is 1. The fourth-order valence-electron chi connectivity index (χ4n) is 1.82. The van der Waals surface area contributed by atoms with Gasteiger partial charge in [0.1, 0.15) is 5.69 Å². The molecular weight excluding hydrogens is 287 g/mol. The van der Waals surface area contributed by atoms with E-state index in [1.165, 1.54) is 11.3 Å². The Labute approximate surface area is 118 Å². The highest BCUT2D eigenvalue weighted by Crippen LogP contribution is 2.31. The minimum Gasteiger partial charge on any atom is -0.434 e. The summed E-state index contributed by atoms with van der Waals surface area (Å²) in [6.45, 7) is 1.69. The molecule has 0 bridgehead atoms. The largest absolute Gasteiger partial charge is 0.434 e. The molecule has 98 valence electrons. The van der Waals surface area contributed by atoms with Gasteiger partial charge in [0.05, 0.1) is 5.88 Å². The summed E-state index contributed by atoms with van der Waals surface area (Å²) >= 11 is 7.39. The van der Waals surface area contributed by atoms with E-state index >= 15 is 0 Å². The van der Waals surface area contributed by atoms with Gasteiger partial charge < -0.3 is 4.74 Å². The van der Waals surface area contributed by atoms with Crippen LogP contribution in [-0.2, 0) is 5.88 Å². The Kier molecular flexibility index (Phi) is 3.16. The lowest BCUT2D eigenvalue weighted by Gasteiger charge is -2.06. The zero-order valence-electron chi connectivity index (χ0n) is 10.1. The second-order valence-electron chi connectivity index (χ2n) is 4.04. The third-order valence-corrected chi connectivity index (χ3v) is 3.82. The number of hydrogen-bond acceptors (Lipinski definition) is 3. The van der Waals surface area contributed by atoms with E-state index < -0.39 is 0 Å². The molecule has 0 fully saturated rings. The molecule has 2 aromatic heterocycles. The van der Waals surface area contributed by atoms with Crippen molar-refractivity contribution < 1.29 is 9.13 Å². The number of rotatable bonds is 3. The van der Waals surface area contributed by atoms with E-state index in [1.807, 2.05) is 16.0 Å². The number of nitrogens with zero attached hydrogens (tertiary/aromatic N) is 2. The third-order valence-electron chi connectivity index (χ3n) is 2.81. The predicted octanol–water partition coefficient (Wildman–Crippen LogP) is 4.37. The monoisotopic (exact) mass is 296 g/mol. The first-order valence-electron chi connectivity index (χ1n) is 5.64. The second-order valence-corrected chi connectivity index (χ2v) is 5.18. The highest BCUT2D eigenvalue weighted by molar-refractivity contribution is 7.15. The molecule has 19 heavy (non-hydrogen) atoms. The van der Waals surface area contributed by atoms with Crippen LogP contribution in [0.25, 0.3) is 4.96 Å². The number of hydrogen-bond donors (Lipinski definition) is 0. The molecule has 0 radical (unpaired) electrons. The Morgan fingerprint density at radius 3 is 3.11 bits per heavy atom. The van der Waals surface area contributed by atoms with Gasteiger partial charge in [-0.2, -0.15) is 4.98 Å². The van der Waals surface area contributed by atoms with E-state index in [0.29, 0.717) is 11.4 Å². The number of halogens is 2. The molecule has 0 saturated carbocycles. The zero-order chi connectivity index (χ0) is 13.4. The van der Waals surface area contributed by atoms with Gasteiger partial charge in [-0.05, 0) is 18.6 Å². The van der Waals surface area contributed by atoms with Crippen LogP contribution in [0.5, 0.6) is 11.6 Å². The van der Waals surface area contributed by atoms with Crippen molar-refractivity contribution in [2.75, 3.05) is 0 Å². The molecule has 3 rings (SSSR count). The van der Waals surface area contributed by atoms with Crippen LogP contribution in [0, 0.1) is 12.7 Å². The normalized spacial score (nSPS) is 11.1. The van der Waals surface area contributed by atoms with Crippen molar-refractivity contribution in [2.45, 2.75) is 12.8 Å². The first kappa shape index (κ1) is 12.4. The van der Waals surface area contributed by atoms with Gasteiger partial charge in [0.2, 0.25) is 5.88 Å². The summed E-state index contributed by atoms with van der Waals surface area (Å²) in [7, 11) is 0. The van der Waals surface area contributed by atoms with E-state index in [9.17, 15) is 4.39 Å². The van der Waals surface area contributed by atoms with Crippen LogP contribution < -0.4 is 4.74 Å². The van der Waals surface area contributed by atoms with Gasteiger partial charge in [0.25, 0.3) is 0 Å². The van der Waals surface area contributed by atoms with Crippen LogP contribution in [0.2, 0.25) is 0 Å². The molecule has 0 unspecified atom stereocenters. The number of alkyl halides is 1. The molecular formula is C13H10ClFN2OS. The molecule has 0 atom stereocenters. The van der Waals surface area contributed by atoms with Gasteiger partial charge >= 0.3 is 0 Å². The molecule has 0 spiro atoms. The second kappa shape index (κ2) is 4.83. The lowest BCUT2D eigenvalue weighted by molar-refractivity contribution is 0.424. The molecule has 1 aromatic carbocycles. The van der Waals surface area contributed by atoms with Crippen LogP contribution in [-0.4, -0.2) is 9.38 Å². The van der Waals surface area contributed by atoms with Crippen molar-refractivity contribution in [3.8, 4) is 11.6 Å². The van der Waals surface area contributed by atoms with Gasteiger partial charge in [-0.3, -0.25) is 4.40 Å². The average molecular weight is 297 g/mol. The van der Waals surface area contributed by atoms with E-state index in [1.54, 1.807) is 25.1 Å². The number of thiazole rings is 1. The Hall–Kier alpha value is -1.59. The average Bonchev–Trinajstić information content (AvgIpc) is 2.95. The molecule has 0 amide bonds. The molecule has 0 aliphatic rings. The molecule has 0 aliphatic carbocycles. The topological polar surface area (TPSA) is 26.5 Å². The summed E-state index contributed by atoms with van der Waals surface area (Å²) in [6, 6.07) is 5.01. The van der Waals surface area contributed by atoms with Crippen molar-refractivity contribution in [1.29, 1.82) is 0 Å². The minimum absolute atomic E-state index is 0.164. The van der Waals surface area contributed by atoms with Crippen LogP contribution in [0.4, 0.5) is 4.39 Å². The fourth-order valence-corrected chi connectivity index (χ4v) is 2.79. The molecule has 0 saturated heterocycles. The number of aryl methyl sites for hydroxylation is 1. The van der Waals surface area contributed by atoms with Crippen molar-refractivity contribution in [3.63, 3.8) is 0 Å². The van der Waals surface area contributed by atoms with E-state index in [0.717, 1.165) is 10.7 Å². The van der Waals surface area contributed by atoms with Crippen LogP contribution in [0.1, 0.15) is 11.3 Å². The number of fused-ring (bicyclic) bond motifs is 1. The summed E-state index contributed by atoms with van der Waals surface area (Å²) < 4.78 is 21.3. The number of ether oxygens (including phenoxy) is 1. The molecule has 2 heterocycles. The first-order valence-corrected chi connectivity index (χ1v) is 7.05. The predicted molar refractivity (Wildman–Crippen MR) is 73.8 cm³/mol. The molecule has 3 nitrogen and oxygen atoms in total. The van der Waals surface area contributed by atoms with Crippen molar-refractivity contribution >= 4 is 27.9 Å². The smallest absolute Gasteiger partial charge is 0.243 e. The Morgan fingerprint density at radius 2 is 2.32 bits per heavy atom. The summed E-state index contributed by atoms with van der Waals surface area (Å²) in [5.41, 5.74) is 1.25. The first-order chi connectivity index (χ1) is 9.20. The van der Waals surface area contributed by atoms with Crippen molar-refractivity contribution in [1.82, 2.24) is 9.38 Å². The van der Waals surface area contributed by atoms with Gasteiger partial charge in [-0.25, -0.2) is 4.39 Å². The van der Waals surface area contributed by atoms with Crippen LogP contribution in [0.3, 0.4) is 0 Å². The van der Waals surface area contributed by atoms with E-state index in [4.69, 9.17) is 16.3 Å². The number of imidazole rings is 1. The Balaban J connectivity index is 2.05. The maximum Gasteiger partial charge on any atom is 0.243 e. The molecule has 0 N–H and O–H groups in total. The zero-order valence-corrected chi connectivity index (χ0v) is 11.6. The lowest BCUT2D eigenvalue weighted by Crippen LogP contribution is -1.94. The van der Waals surface area contributed by atoms with E-state index in [-0.39, 0.29) is 17.4 Å². The minimum atomic E-state index is -0.376. The van der Waals surface area contributed by atoms with Gasteiger partial charge in [-0.15, -0.1) is 22.9 Å². The molecule has 6 heteroatoms. The van der Waals surface area contributed by atoms with E-state index in [2.05, 4.69) is 4.98 Å². The van der Waals surface area contributed by atoms with Crippen molar-refractivity contribution in [2.24, 2.45) is 0 Å². The fraction of sp³-hybridized carbons (Fsp3) is 0.154. The molecule has 3 aromatic rings.